The lowest BCUT2D eigenvalue weighted by atomic mass is 10.1. The van der Waals surface area contributed by atoms with Crippen LogP contribution < -0.4 is 5.76 Å². The van der Waals surface area contributed by atoms with Crippen molar-refractivity contribution in [2.24, 2.45) is 0 Å². The molecule has 156 valence electrons. The van der Waals surface area contributed by atoms with E-state index in [1.54, 1.807) is 6.26 Å². The number of ether oxygens (including phenoxy) is 1. The van der Waals surface area contributed by atoms with Crippen LogP contribution >= 0.6 is 0 Å². The van der Waals surface area contributed by atoms with Gasteiger partial charge in [-0.3, -0.25) is 0 Å². The van der Waals surface area contributed by atoms with E-state index < -0.39 is 13.8 Å². The van der Waals surface area contributed by atoms with Gasteiger partial charge in [-0.15, -0.1) is 0 Å². The Bertz CT molecular complexity index is 1190. The minimum absolute atomic E-state index is 0.191. The fraction of sp³-hybridized carbons (Fsp3) is 0.304. The third kappa shape index (κ3) is 4.80. The highest BCUT2D eigenvalue weighted by Crippen LogP contribution is 2.21. The molecule has 2 aromatic heterocycles. The highest BCUT2D eigenvalue weighted by molar-refractivity contribution is 6.76. The standard InChI is InChI=1S/C23H26N2O4Si/c1-30(2,3)12-11-27-16-25-20-13-17(9-10-21(20)29-23(25)26)14-22-24-19(15-28-22)18-7-5-4-6-8-18/h4-10,13,15H,11-12,14,16H2,1-3H3. The van der Waals surface area contributed by atoms with E-state index in [4.69, 9.17) is 13.6 Å². The van der Waals surface area contributed by atoms with Gasteiger partial charge >= 0.3 is 5.76 Å². The predicted molar refractivity (Wildman–Crippen MR) is 119 cm³/mol. The predicted octanol–water partition coefficient (Wildman–Crippen LogP) is 5.15. The summed E-state index contributed by atoms with van der Waals surface area (Å²) in [5.74, 6) is 0.217. The van der Waals surface area contributed by atoms with Gasteiger partial charge in [-0.05, 0) is 23.7 Å². The van der Waals surface area contributed by atoms with Crippen molar-refractivity contribution < 1.29 is 13.6 Å². The van der Waals surface area contributed by atoms with E-state index in [0.29, 0.717) is 24.5 Å². The monoisotopic (exact) mass is 422 g/mol. The zero-order valence-electron chi connectivity index (χ0n) is 17.6. The number of benzene rings is 2. The molecule has 0 spiro atoms. The topological polar surface area (TPSA) is 70.4 Å². The molecule has 4 rings (SSSR count). The van der Waals surface area contributed by atoms with Crippen LogP contribution in [0.1, 0.15) is 11.5 Å². The Morgan fingerprint density at radius 1 is 1.10 bits per heavy atom. The van der Waals surface area contributed by atoms with Crippen molar-refractivity contribution >= 4 is 19.2 Å². The van der Waals surface area contributed by atoms with Crippen LogP contribution in [-0.2, 0) is 17.9 Å². The van der Waals surface area contributed by atoms with Crippen molar-refractivity contribution in [2.75, 3.05) is 6.61 Å². The molecule has 6 nitrogen and oxygen atoms in total. The molecule has 0 amide bonds. The minimum atomic E-state index is -1.17. The lowest BCUT2D eigenvalue weighted by molar-refractivity contribution is 0.0850. The van der Waals surface area contributed by atoms with Crippen molar-refractivity contribution in [1.29, 1.82) is 0 Å². The van der Waals surface area contributed by atoms with Crippen LogP contribution in [0.4, 0.5) is 0 Å². The van der Waals surface area contributed by atoms with Gasteiger partial charge in [0, 0.05) is 26.7 Å². The SMILES string of the molecule is C[Si](C)(C)CCOCn1c(=O)oc2ccc(Cc3nc(-c4ccccc4)co3)cc21. The number of hydrogen-bond donors (Lipinski definition) is 0. The number of fused-ring (bicyclic) bond motifs is 1. The Balaban J connectivity index is 1.50. The molecule has 0 unspecified atom stereocenters. The van der Waals surface area contributed by atoms with Crippen LogP contribution in [0.25, 0.3) is 22.4 Å². The molecule has 0 bridgehead atoms. The lowest BCUT2D eigenvalue weighted by Gasteiger charge is -2.15. The van der Waals surface area contributed by atoms with Gasteiger partial charge in [0.15, 0.2) is 11.5 Å². The molecule has 2 heterocycles. The molecule has 0 fully saturated rings. The average Bonchev–Trinajstić information content (AvgIpc) is 3.29. The molecule has 30 heavy (non-hydrogen) atoms. The van der Waals surface area contributed by atoms with Gasteiger partial charge in [-0.25, -0.2) is 14.3 Å². The van der Waals surface area contributed by atoms with Crippen molar-refractivity contribution in [3.05, 3.63) is 76.8 Å². The molecule has 0 N–H and O–H groups in total. The summed E-state index contributed by atoms with van der Waals surface area (Å²) < 4.78 is 18.3. The Morgan fingerprint density at radius 3 is 2.67 bits per heavy atom. The van der Waals surface area contributed by atoms with Crippen LogP contribution in [-0.4, -0.2) is 24.2 Å². The summed E-state index contributed by atoms with van der Waals surface area (Å²) in [4.78, 5) is 16.8. The van der Waals surface area contributed by atoms with Gasteiger partial charge in [0.1, 0.15) is 18.7 Å². The van der Waals surface area contributed by atoms with Gasteiger partial charge in [0.05, 0.1) is 5.52 Å². The molecule has 0 saturated heterocycles. The van der Waals surface area contributed by atoms with Crippen molar-refractivity contribution in [3.8, 4) is 11.3 Å². The highest BCUT2D eigenvalue weighted by Gasteiger charge is 2.14. The van der Waals surface area contributed by atoms with E-state index in [-0.39, 0.29) is 6.73 Å². The number of hydrogen-bond acceptors (Lipinski definition) is 5. The van der Waals surface area contributed by atoms with E-state index >= 15 is 0 Å². The molecule has 2 aromatic carbocycles. The van der Waals surface area contributed by atoms with E-state index in [1.807, 2.05) is 48.5 Å². The molecule has 0 atom stereocenters. The zero-order valence-corrected chi connectivity index (χ0v) is 18.6. The molecular weight excluding hydrogens is 396 g/mol. The molecular formula is C23H26N2O4Si. The van der Waals surface area contributed by atoms with Gasteiger partial charge in [0.2, 0.25) is 0 Å². The number of rotatable bonds is 8. The molecule has 0 aliphatic heterocycles. The Hall–Kier alpha value is -2.90. The zero-order chi connectivity index (χ0) is 21.1. The quantitative estimate of drug-likeness (QED) is 0.290. The average molecular weight is 423 g/mol. The van der Waals surface area contributed by atoms with Gasteiger partial charge in [-0.2, -0.15) is 0 Å². The van der Waals surface area contributed by atoms with Crippen LogP contribution in [0.5, 0.6) is 0 Å². The van der Waals surface area contributed by atoms with Crippen molar-refractivity contribution in [1.82, 2.24) is 9.55 Å². The van der Waals surface area contributed by atoms with Gasteiger partial charge in [-0.1, -0.05) is 56.0 Å². The summed E-state index contributed by atoms with van der Waals surface area (Å²) in [6, 6.07) is 16.6. The molecule has 0 radical (unpaired) electrons. The first-order valence-electron chi connectivity index (χ1n) is 10.1. The maximum absolute atomic E-state index is 12.3. The Kier molecular flexibility index (Phi) is 5.74. The largest absolute Gasteiger partial charge is 0.448 e. The highest BCUT2D eigenvalue weighted by atomic mass is 28.3. The maximum Gasteiger partial charge on any atom is 0.421 e. The minimum Gasteiger partial charge on any atom is -0.448 e. The number of nitrogens with zero attached hydrogens (tertiary/aromatic N) is 2. The molecule has 0 saturated carbocycles. The summed E-state index contributed by atoms with van der Waals surface area (Å²) in [6.07, 6.45) is 2.20. The maximum atomic E-state index is 12.3. The first-order valence-corrected chi connectivity index (χ1v) is 13.8. The van der Waals surface area contributed by atoms with E-state index in [9.17, 15) is 4.79 Å². The van der Waals surface area contributed by atoms with Crippen LogP contribution in [0.15, 0.2) is 68.4 Å². The fourth-order valence-electron chi connectivity index (χ4n) is 3.18. The third-order valence-corrected chi connectivity index (χ3v) is 6.63. The normalized spacial score (nSPS) is 12.0. The lowest BCUT2D eigenvalue weighted by Crippen LogP contribution is -2.23. The second kappa shape index (κ2) is 8.45. The second-order valence-electron chi connectivity index (χ2n) is 8.62. The van der Waals surface area contributed by atoms with E-state index in [2.05, 4.69) is 24.6 Å². The van der Waals surface area contributed by atoms with E-state index in [0.717, 1.165) is 28.4 Å². The summed E-state index contributed by atoms with van der Waals surface area (Å²) in [6.45, 7) is 7.74. The van der Waals surface area contributed by atoms with Gasteiger partial charge in [0.25, 0.3) is 0 Å². The Labute approximate surface area is 176 Å². The first-order chi connectivity index (χ1) is 14.4. The third-order valence-electron chi connectivity index (χ3n) is 4.93. The summed E-state index contributed by atoms with van der Waals surface area (Å²) in [5, 5.41) is 0. The molecule has 0 aliphatic carbocycles. The van der Waals surface area contributed by atoms with Crippen LogP contribution in [0.2, 0.25) is 25.7 Å². The smallest absolute Gasteiger partial charge is 0.421 e. The number of aromatic nitrogens is 2. The Morgan fingerprint density at radius 2 is 1.90 bits per heavy atom. The summed E-state index contributed by atoms with van der Waals surface area (Å²) in [7, 11) is -1.17. The van der Waals surface area contributed by atoms with Crippen LogP contribution in [0, 0.1) is 0 Å². The molecule has 0 aliphatic rings. The second-order valence-corrected chi connectivity index (χ2v) is 14.2. The van der Waals surface area contributed by atoms with Gasteiger partial charge < -0.3 is 13.6 Å². The first kappa shape index (κ1) is 20.4. The van der Waals surface area contributed by atoms with Crippen molar-refractivity contribution in [3.63, 3.8) is 0 Å². The van der Waals surface area contributed by atoms with Crippen LogP contribution in [0.3, 0.4) is 0 Å². The summed E-state index contributed by atoms with van der Waals surface area (Å²) >= 11 is 0. The molecule has 4 aromatic rings. The molecule has 7 heteroatoms. The fourth-order valence-corrected chi connectivity index (χ4v) is 3.94. The van der Waals surface area contributed by atoms with Crippen molar-refractivity contribution in [2.45, 2.75) is 38.8 Å². The van der Waals surface area contributed by atoms with E-state index in [1.165, 1.54) is 4.57 Å². The summed E-state index contributed by atoms with van der Waals surface area (Å²) in [5.41, 5.74) is 4.08. The number of oxazole rings is 2.